The Balaban J connectivity index is 1.32. The Morgan fingerprint density at radius 2 is 2.00 bits per heavy atom. The molecule has 7 heteroatoms. The molecule has 1 saturated carbocycles. The Labute approximate surface area is 183 Å². The summed E-state index contributed by atoms with van der Waals surface area (Å²) >= 11 is 0. The van der Waals surface area contributed by atoms with Crippen molar-refractivity contribution in [2.75, 3.05) is 18.1 Å². The van der Waals surface area contributed by atoms with Crippen LogP contribution in [0.5, 0.6) is 0 Å². The molecule has 1 fully saturated rings. The van der Waals surface area contributed by atoms with E-state index < -0.39 is 5.60 Å². The van der Waals surface area contributed by atoms with E-state index in [2.05, 4.69) is 50.4 Å². The number of nitrogens with one attached hydrogen (secondary N) is 2. The molecule has 0 spiro atoms. The van der Waals surface area contributed by atoms with Crippen LogP contribution in [-0.4, -0.2) is 43.6 Å². The third kappa shape index (κ3) is 4.00. The van der Waals surface area contributed by atoms with Crippen molar-refractivity contribution < 1.29 is 5.11 Å². The molecule has 1 aliphatic carbocycles. The minimum absolute atomic E-state index is 0.138. The smallest absolute Gasteiger partial charge is 0.160 e. The van der Waals surface area contributed by atoms with Crippen molar-refractivity contribution in [1.29, 1.82) is 0 Å². The molecule has 2 aliphatic rings. The quantitative estimate of drug-likeness (QED) is 0.513. The van der Waals surface area contributed by atoms with E-state index in [0.29, 0.717) is 11.9 Å². The first-order valence-electron chi connectivity index (χ1n) is 11.2. The maximum Gasteiger partial charge on any atom is 0.160 e. The highest BCUT2D eigenvalue weighted by atomic mass is 16.3. The van der Waals surface area contributed by atoms with E-state index in [-0.39, 0.29) is 6.04 Å². The fourth-order valence-corrected chi connectivity index (χ4v) is 5.20. The highest BCUT2D eigenvalue weighted by Crippen LogP contribution is 2.38. The Bertz CT molecular complexity index is 1110. The molecule has 5 rings (SSSR count). The number of imidazole rings is 1. The largest absolute Gasteiger partial charge is 0.390 e. The predicted octanol–water partition coefficient (Wildman–Crippen LogP) is 3.68. The van der Waals surface area contributed by atoms with Gasteiger partial charge in [-0.25, -0.2) is 9.97 Å². The summed E-state index contributed by atoms with van der Waals surface area (Å²) in [5, 5.41) is 13.9. The summed E-state index contributed by atoms with van der Waals surface area (Å²) in [6.45, 7) is 4.83. The SMILES string of the molecule is Cc1nc2c(C3Cc4cc(CN(C)C5CCC(C)(O)CC5)ccc4N3)cc(N)nc2[nH]1. The van der Waals surface area contributed by atoms with Gasteiger partial charge in [-0.2, -0.15) is 0 Å². The first-order valence-corrected chi connectivity index (χ1v) is 11.2. The number of pyridine rings is 1. The number of nitrogen functional groups attached to an aromatic ring is 1. The second kappa shape index (κ2) is 7.50. The van der Waals surface area contributed by atoms with Crippen molar-refractivity contribution in [3.05, 3.63) is 46.8 Å². The highest BCUT2D eigenvalue weighted by molar-refractivity contribution is 5.79. The lowest BCUT2D eigenvalue weighted by atomic mass is 9.83. The van der Waals surface area contributed by atoms with Gasteiger partial charge >= 0.3 is 0 Å². The van der Waals surface area contributed by atoms with Crippen molar-refractivity contribution >= 4 is 22.7 Å². The molecule has 0 amide bonds. The number of nitrogens with two attached hydrogens (primary N) is 1. The van der Waals surface area contributed by atoms with E-state index in [0.717, 1.165) is 61.2 Å². The van der Waals surface area contributed by atoms with E-state index in [1.54, 1.807) is 0 Å². The topological polar surface area (TPSA) is 103 Å². The standard InChI is InChI=1S/C24H32N6O/c1-14-26-22-18(12-21(25)29-23(22)27-14)20-11-16-10-15(4-5-19(16)28-20)13-30(3)17-6-8-24(2,31)9-7-17/h4-5,10,12,17,20,28,31H,6-9,11,13H2,1-3H3,(H3,25,26,27,29). The van der Waals surface area contributed by atoms with Gasteiger partial charge in [0.15, 0.2) is 5.65 Å². The first-order chi connectivity index (χ1) is 14.8. The minimum atomic E-state index is -0.486. The van der Waals surface area contributed by atoms with Gasteiger partial charge in [-0.3, -0.25) is 4.90 Å². The molecule has 1 aliphatic heterocycles. The minimum Gasteiger partial charge on any atom is -0.390 e. The number of hydrogen-bond donors (Lipinski definition) is 4. The second-order valence-electron chi connectivity index (χ2n) is 9.69. The molecule has 0 saturated heterocycles. The number of hydrogen-bond acceptors (Lipinski definition) is 6. The van der Waals surface area contributed by atoms with Gasteiger partial charge in [0, 0.05) is 23.8 Å². The maximum absolute atomic E-state index is 10.2. The lowest BCUT2D eigenvalue weighted by Gasteiger charge is -2.37. The molecule has 164 valence electrons. The number of nitrogens with zero attached hydrogens (tertiary/aromatic N) is 3. The van der Waals surface area contributed by atoms with Gasteiger partial charge in [0.1, 0.15) is 17.2 Å². The number of aliphatic hydroxyl groups is 1. The van der Waals surface area contributed by atoms with Crippen LogP contribution < -0.4 is 11.1 Å². The van der Waals surface area contributed by atoms with Crippen LogP contribution >= 0.6 is 0 Å². The number of H-pyrrole nitrogens is 1. The van der Waals surface area contributed by atoms with Crippen molar-refractivity contribution in [1.82, 2.24) is 19.9 Å². The normalized spacial score (nSPS) is 25.7. The van der Waals surface area contributed by atoms with Gasteiger partial charge in [0.05, 0.1) is 11.6 Å². The number of aromatic nitrogens is 3. The number of aryl methyl sites for hydroxylation is 1. The fourth-order valence-electron chi connectivity index (χ4n) is 5.20. The van der Waals surface area contributed by atoms with E-state index >= 15 is 0 Å². The van der Waals surface area contributed by atoms with Gasteiger partial charge in [-0.15, -0.1) is 0 Å². The van der Waals surface area contributed by atoms with E-state index in [1.165, 1.54) is 16.8 Å². The Kier molecular flexibility index (Phi) is 4.90. The monoisotopic (exact) mass is 420 g/mol. The molecular formula is C24H32N6O. The maximum atomic E-state index is 10.2. The third-order valence-corrected chi connectivity index (χ3v) is 7.01. The molecule has 3 aromatic rings. The van der Waals surface area contributed by atoms with Gasteiger partial charge in [0.2, 0.25) is 0 Å². The zero-order chi connectivity index (χ0) is 21.8. The van der Waals surface area contributed by atoms with Gasteiger partial charge in [0.25, 0.3) is 0 Å². The average Bonchev–Trinajstić information content (AvgIpc) is 3.29. The fraction of sp³-hybridized carbons (Fsp3) is 0.500. The number of aromatic amines is 1. The average molecular weight is 421 g/mol. The summed E-state index contributed by atoms with van der Waals surface area (Å²) < 4.78 is 0. The number of benzene rings is 1. The molecular weight excluding hydrogens is 388 g/mol. The summed E-state index contributed by atoms with van der Waals surface area (Å²) in [4.78, 5) is 14.7. The molecule has 3 heterocycles. The Hall–Kier alpha value is -2.64. The van der Waals surface area contributed by atoms with Crippen LogP contribution in [0.4, 0.5) is 11.5 Å². The summed E-state index contributed by atoms with van der Waals surface area (Å²) in [7, 11) is 2.20. The van der Waals surface area contributed by atoms with Gasteiger partial charge < -0.3 is 21.1 Å². The van der Waals surface area contributed by atoms with Crippen molar-refractivity contribution in [3.8, 4) is 0 Å². The van der Waals surface area contributed by atoms with Gasteiger partial charge in [-0.1, -0.05) is 12.1 Å². The molecule has 0 radical (unpaired) electrons. The second-order valence-corrected chi connectivity index (χ2v) is 9.69. The van der Waals surface area contributed by atoms with E-state index in [9.17, 15) is 5.11 Å². The van der Waals surface area contributed by atoms with Crippen molar-refractivity contribution in [3.63, 3.8) is 0 Å². The zero-order valence-electron chi connectivity index (χ0n) is 18.6. The van der Waals surface area contributed by atoms with Crippen LogP contribution in [0.3, 0.4) is 0 Å². The van der Waals surface area contributed by atoms with Gasteiger partial charge in [-0.05, 0) is 76.3 Å². The Morgan fingerprint density at radius 1 is 1.23 bits per heavy atom. The van der Waals surface area contributed by atoms with Crippen molar-refractivity contribution in [2.24, 2.45) is 0 Å². The molecule has 1 unspecified atom stereocenters. The molecule has 0 bridgehead atoms. The van der Waals surface area contributed by atoms with Crippen LogP contribution in [0.1, 0.15) is 61.2 Å². The summed E-state index contributed by atoms with van der Waals surface area (Å²) in [6.07, 6.45) is 4.78. The number of fused-ring (bicyclic) bond motifs is 2. The molecule has 1 aromatic carbocycles. The van der Waals surface area contributed by atoms with Crippen LogP contribution in [0.2, 0.25) is 0 Å². The third-order valence-electron chi connectivity index (χ3n) is 7.01. The Morgan fingerprint density at radius 3 is 2.77 bits per heavy atom. The zero-order valence-corrected chi connectivity index (χ0v) is 18.6. The van der Waals surface area contributed by atoms with Crippen molar-refractivity contribution in [2.45, 2.75) is 70.2 Å². The van der Waals surface area contributed by atoms with Crippen LogP contribution in [0.15, 0.2) is 24.3 Å². The van der Waals surface area contributed by atoms with E-state index in [4.69, 9.17) is 5.73 Å². The van der Waals surface area contributed by atoms with Crippen LogP contribution in [0.25, 0.3) is 11.2 Å². The summed E-state index contributed by atoms with van der Waals surface area (Å²) in [5.74, 6) is 1.36. The van der Waals surface area contributed by atoms with Crippen LogP contribution in [0, 0.1) is 6.92 Å². The number of rotatable bonds is 4. The molecule has 31 heavy (non-hydrogen) atoms. The molecule has 7 nitrogen and oxygen atoms in total. The molecule has 1 atom stereocenters. The summed E-state index contributed by atoms with van der Waals surface area (Å²) in [5.41, 5.74) is 12.2. The lowest BCUT2D eigenvalue weighted by molar-refractivity contribution is -0.00231. The predicted molar refractivity (Wildman–Crippen MR) is 124 cm³/mol. The first kappa shape index (κ1) is 20.3. The summed E-state index contributed by atoms with van der Waals surface area (Å²) in [6, 6.07) is 9.36. The van der Waals surface area contributed by atoms with E-state index in [1.807, 2.05) is 19.9 Å². The van der Waals surface area contributed by atoms with Crippen LogP contribution in [-0.2, 0) is 13.0 Å². The molecule has 5 N–H and O–H groups in total. The lowest BCUT2D eigenvalue weighted by Crippen LogP contribution is -2.40. The molecule has 2 aromatic heterocycles. The number of anilines is 2. The highest BCUT2D eigenvalue weighted by Gasteiger charge is 2.31.